The highest BCUT2D eigenvalue weighted by atomic mass is 79.9. The minimum absolute atomic E-state index is 0.118. The number of phenols is 1. The smallest absolute Gasteiger partial charge is 0.164 e. The summed E-state index contributed by atoms with van der Waals surface area (Å²) >= 11 is 3.41. The van der Waals surface area contributed by atoms with Crippen molar-refractivity contribution in [2.45, 2.75) is 19.8 Å². The average molecular weight is 275 g/mol. The summed E-state index contributed by atoms with van der Waals surface area (Å²) in [7, 11) is 1.53. The van der Waals surface area contributed by atoms with Crippen LogP contribution in [0.4, 0.5) is 0 Å². The van der Waals surface area contributed by atoms with Gasteiger partial charge in [0, 0.05) is 16.6 Å². The van der Waals surface area contributed by atoms with Crippen molar-refractivity contribution in [3.63, 3.8) is 0 Å². The molecule has 1 aromatic rings. The van der Waals surface area contributed by atoms with E-state index in [0.717, 1.165) is 15.6 Å². The van der Waals surface area contributed by atoms with Gasteiger partial charge in [0.2, 0.25) is 0 Å². The summed E-state index contributed by atoms with van der Waals surface area (Å²) in [6, 6.07) is 1.86. The molecule has 0 saturated heterocycles. The molecule has 84 valence electrons. The van der Waals surface area contributed by atoms with Crippen LogP contribution in [0.15, 0.2) is 10.5 Å². The van der Waals surface area contributed by atoms with E-state index in [2.05, 4.69) is 15.9 Å². The molecule has 0 bridgehead atoms. The third-order valence-electron chi connectivity index (χ3n) is 2.33. The van der Waals surface area contributed by atoms with Crippen molar-refractivity contribution in [3.05, 3.63) is 21.7 Å². The lowest BCUT2D eigenvalue weighted by Crippen LogP contribution is -1.96. The maximum Gasteiger partial charge on any atom is 0.164 e. The molecule has 1 rings (SSSR count). The monoisotopic (exact) mass is 274 g/mol. The van der Waals surface area contributed by atoms with Crippen LogP contribution in [0.5, 0.6) is 11.5 Å². The van der Waals surface area contributed by atoms with E-state index in [1.807, 2.05) is 13.0 Å². The number of aryl methyl sites for hydroxylation is 1. The number of benzene rings is 1. The van der Waals surface area contributed by atoms with Crippen LogP contribution < -0.4 is 4.74 Å². The van der Waals surface area contributed by atoms with Gasteiger partial charge in [0.1, 0.15) is 0 Å². The van der Waals surface area contributed by atoms with Crippen LogP contribution in [0.25, 0.3) is 0 Å². The summed E-state index contributed by atoms with van der Waals surface area (Å²) in [6.45, 7) is 1.99. The Labute approximate surface area is 97.8 Å². The molecule has 0 aliphatic heterocycles. The molecule has 0 heterocycles. The van der Waals surface area contributed by atoms with Gasteiger partial charge in [-0.3, -0.25) is 0 Å². The van der Waals surface area contributed by atoms with Gasteiger partial charge in [-0.1, -0.05) is 15.9 Å². The number of aliphatic hydroxyl groups excluding tert-OH is 1. The Morgan fingerprint density at radius 3 is 2.67 bits per heavy atom. The summed E-state index contributed by atoms with van der Waals surface area (Å²) < 4.78 is 6.04. The first-order valence-corrected chi connectivity index (χ1v) is 5.57. The first kappa shape index (κ1) is 12.3. The number of aromatic hydroxyl groups is 1. The topological polar surface area (TPSA) is 49.7 Å². The zero-order valence-electron chi connectivity index (χ0n) is 8.88. The quantitative estimate of drug-likeness (QED) is 0.887. The van der Waals surface area contributed by atoms with Crippen molar-refractivity contribution < 1.29 is 14.9 Å². The van der Waals surface area contributed by atoms with Gasteiger partial charge in [0.05, 0.1) is 7.11 Å². The van der Waals surface area contributed by atoms with E-state index in [0.29, 0.717) is 18.6 Å². The highest BCUT2D eigenvalue weighted by Gasteiger charge is 2.13. The summed E-state index contributed by atoms with van der Waals surface area (Å²) in [5.74, 6) is 0.670. The lowest BCUT2D eigenvalue weighted by molar-refractivity contribution is 0.287. The first-order chi connectivity index (χ1) is 7.11. The van der Waals surface area contributed by atoms with Crippen molar-refractivity contribution in [1.29, 1.82) is 0 Å². The third kappa shape index (κ3) is 2.63. The highest BCUT2D eigenvalue weighted by molar-refractivity contribution is 9.10. The number of methoxy groups -OCH3 is 1. The third-order valence-corrected chi connectivity index (χ3v) is 3.15. The van der Waals surface area contributed by atoms with Gasteiger partial charge in [-0.2, -0.15) is 0 Å². The molecule has 1 aromatic carbocycles. The van der Waals surface area contributed by atoms with Gasteiger partial charge in [-0.15, -0.1) is 0 Å². The molecule has 0 radical (unpaired) electrons. The van der Waals surface area contributed by atoms with Gasteiger partial charge >= 0.3 is 0 Å². The zero-order valence-corrected chi connectivity index (χ0v) is 10.5. The summed E-state index contributed by atoms with van der Waals surface area (Å²) in [5, 5.41) is 18.6. The fourth-order valence-corrected chi connectivity index (χ4v) is 1.93. The molecule has 4 heteroatoms. The van der Waals surface area contributed by atoms with E-state index in [9.17, 15) is 5.11 Å². The first-order valence-electron chi connectivity index (χ1n) is 4.77. The van der Waals surface area contributed by atoms with Crippen molar-refractivity contribution in [1.82, 2.24) is 0 Å². The second kappa shape index (κ2) is 5.37. The number of hydrogen-bond acceptors (Lipinski definition) is 3. The maximum atomic E-state index is 9.89. The number of hydrogen-bond donors (Lipinski definition) is 2. The Balaban J connectivity index is 3.12. The van der Waals surface area contributed by atoms with E-state index < -0.39 is 0 Å². The molecule has 0 unspecified atom stereocenters. The summed E-state index contributed by atoms with van der Waals surface area (Å²) in [6.07, 6.45) is 1.27. The van der Waals surface area contributed by atoms with E-state index >= 15 is 0 Å². The van der Waals surface area contributed by atoms with E-state index in [1.54, 1.807) is 0 Å². The molecular formula is C11H15BrO3. The van der Waals surface area contributed by atoms with Gasteiger partial charge in [0.25, 0.3) is 0 Å². The average Bonchev–Trinajstić information content (AvgIpc) is 2.22. The van der Waals surface area contributed by atoms with Crippen LogP contribution in [0.3, 0.4) is 0 Å². The molecule has 0 spiro atoms. The maximum absolute atomic E-state index is 9.89. The Morgan fingerprint density at radius 2 is 2.13 bits per heavy atom. The molecular weight excluding hydrogens is 260 g/mol. The zero-order chi connectivity index (χ0) is 11.4. The van der Waals surface area contributed by atoms with Crippen molar-refractivity contribution in [3.8, 4) is 11.5 Å². The summed E-state index contributed by atoms with van der Waals surface area (Å²) in [4.78, 5) is 0. The van der Waals surface area contributed by atoms with Gasteiger partial charge in [0.15, 0.2) is 11.5 Å². The number of halogens is 1. The lowest BCUT2D eigenvalue weighted by Gasteiger charge is -2.13. The SMILES string of the molecule is COc1c(C)c(Br)cc(CCCO)c1O. The van der Waals surface area contributed by atoms with Crippen molar-refractivity contribution >= 4 is 15.9 Å². The Morgan fingerprint density at radius 1 is 1.47 bits per heavy atom. The van der Waals surface area contributed by atoms with E-state index in [-0.39, 0.29) is 12.4 Å². The van der Waals surface area contributed by atoms with Crippen LogP contribution in [-0.2, 0) is 6.42 Å². The van der Waals surface area contributed by atoms with Gasteiger partial charge < -0.3 is 14.9 Å². The van der Waals surface area contributed by atoms with Crippen molar-refractivity contribution in [2.24, 2.45) is 0 Å². The van der Waals surface area contributed by atoms with E-state index in [4.69, 9.17) is 9.84 Å². The molecule has 3 nitrogen and oxygen atoms in total. The molecule has 0 amide bonds. The standard InChI is InChI=1S/C11H15BrO3/c1-7-9(12)6-8(4-3-5-13)10(14)11(7)15-2/h6,13-14H,3-5H2,1-2H3. The molecule has 0 fully saturated rings. The number of aliphatic hydroxyl groups is 1. The predicted molar refractivity (Wildman–Crippen MR) is 62.5 cm³/mol. The highest BCUT2D eigenvalue weighted by Crippen LogP contribution is 2.38. The number of phenolic OH excluding ortho intramolecular Hbond substituents is 1. The second-order valence-electron chi connectivity index (χ2n) is 3.35. The molecule has 0 saturated carbocycles. The van der Waals surface area contributed by atoms with Crippen molar-refractivity contribution in [2.75, 3.05) is 13.7 Å². The Hall–Kier alpha value is -0.740. The molecule has 0 aromatic heterocycles. The summed E-state index contributed by atoms with van der Waals surface area (Å²) in [5.41, 5.74) is 1.67. The molecule has 0 aliphatic rings. The number of rotatable bonds is 4. The van der Waals surface area contributed by atoms with Crippen LogP contribution >= 0.6 is 15.9 Å². The van der Waals surface area contributed by atoms with Gasteiger partial charge in [-0.05, 0) is 31.4 Å². The molecule has 0 aliphatic carbocycles. The second-order valence-corrected chi connectivity index (χ2v) is 4.21. The van der Waals surface area contributed by atoms with Crippen LogP contribution in [0.2, 0.25) is 0 Å². The molecule has 2 N–H and O–H groups in total. The predicted octanol–water partition coefficient (Wildman–Crippen LogP) is 2.40. The molecule has 0 atom stereocenters. The van der Waals surface area contributed by atoms with Crippen LogP contribution in [0.1, 0.15) is 17.5 Å². The van der Waals surface area contributed by atoms with E-state index in [1.165, 1.54) is 7.11 Å². The minimum atomic E-state index is 0.118. The molecule has 15 heavy (non-hydrogen) atoms. The van der Waals surface area contributed by atoms with Gasteiger partial charge in [-0.25, -0.2) is 0 Å². The fraction of sp³-hybridized carbons (Fsp3) is 0.455. The Kier molecular flexibility index (Phi) is 4.42. The van der Waals surface area contributed by atoms with Crippen LogP contribution in [0, 0.1) is 6.92 Å². The fourth-order valence-electron chi connectivity index (χ4n) is 1.47. The minimum Gasteiger partial charge on any atom is -0.504 e. The van der Waals surface area contributed by atoms with Crippen LogP contribution in [-0.4, -0.2) is 23.9 Å². The Bertz CT molecular complexity index is 350. The number of ether oxygens (including phenoxy) is 1. The lowest BCUT2D eigenvalue weighted by atomic mass is 10.1. The normalized spacial score (nSPS) is 10.4. The largest absolute Gasteiger partial charge is 0.504 e.